The number of nitrogens with zero attached hydrogens (tertiary/aromatic N) is 3. The Morgan fingerprint density at radius 1 is 1.50 bits per heavy atom. The Morgan fingerprint density at radius 2 is 2.17 bits per heavy atom. The van der Waals surface area contributed by atoms with Crippen LogP contribution in [0, 0.1) is 0 Å². The fraction of sp³-hybridized carbons (Fsp3) is 0.750. The monoisotopic (exact) mass is 254 g/mol. The molecule has 6 heteroatoms. The van der Waals surface area contributed by atoms with Crippen LogP contribution < -0.4 is 5.73 Å². The van der Waals surface area contributed by atoms with Gasteiger partial charge in [0.2, 0.25) is 11.8 Å². The molecule has 0 unspecified atom stereocenters. The summed E-state index contributed by atoms with van der Waals surface area (Å²) >= 11 is 0. The third-order valence-corrected chi connectivity index (χ3v) is 2.78. The number of nitrogens with two attached hydrogens (primary N) is 1. The summed E-state index contributed by atoms with van der Waals surface area (Å²) in [7, 11) is 1.74. The molecule has 1 heterocycles. The molecule has 0 aliphatic carbocycles. The fourth-order valence-electron chi connectivity index (χ4n) is 1.44. The quantitative estimate of drug-likeness (QED) is 0.816. The minimum atomic E-state index is -0.425. The van der Waals surface area contributed by atoms with E-state index in [0.717, 1.165) is 0 Å². The summed E-state index contributed by atoms with van der Waals surface area (Å²) in [6.07, 6.45) is 1.22. The lowest BCUT2D eigenvalue weighted by Crippen LogP contribution is -2.42. The maximum absolute atomic E-state index is 11.7. The Labute approximate surface area is 108 Å². The van der Waals surface area contributed by atoms with E-state index in [-0.39, 0.29) is 11.8 Å². The predicted octanol–water partition coefficient (Wildman–Crippen LogP) is 0.931. The largest absolute Gasteiger partial charge is 0.344 e. The van der Waals surface area contributed by atoms with Crippen molar-refractivity contribution in [1.82, 2.24) is 15.0 Å². The highest BCUT2D eigenvalue weighted by atomic mass is 16.5. The van der Waals surface area contributed by atoms with Gasteiger partial charge in [-0.15, -0.1) is 0 Å². The van der Waals surface area contributed by atoms with Gasteiger partial charge in [0.05, 0.1) is 6.04 Å². The smallest absolute Gasteiger partial charge is 0.239 e. The molecule has 1 atom stereocenters. The summed E-state index contributed by atoms with van der Waals surface area (Å²) in [5.74, 6) is 1.43. The van der Waals surface area contributed by atoms with E-state index in [4.69, 9.17) is 10.3 Å². The summed E-state index contributed by atoms with van der Waals surface area (Å²) in [4.78, 5) is 17.6. The summed E-state index contributed by atoms with van der Waals surface area (Å²) < 4.78 is 5.10. The van der Waals surface area contributed by atoms with Crippen LogP contribution in [0.5, 0.6) is 0 Å². The lowest BCUT2D eigenvalue weighted by molar-refractivity contribution is -0.131. The van der Waals surface area contributed by atoms with Crippen molar-refractivity contribution in [2.45, 2.75) is 45.6 Å². The molecular formula is C12H22N4O2. The zero-order valence-corrected chi connectivity index (χ0v) is 11.5. The minimum Gasteiger partial charge on any atom is -0.344 e. The van der Waals surface area contributed by atoms with E-state index in [1.807, 2.05) is 20.8 Å². The molecule has 2 N–H and O–H groups in total. The van der Waals surface area contributed by atoms with Crippen molar-refractivity contribution < 1.29 is 9.32 Å². The van der Waals surface area contributed by atoms with Gasteiger partial charge in [0.15, 0.2) is 5.82 Å². The number of aromatic nitrogens is 2. The summed E-state index contributed by atoms with van der Waals surface area (Å²) in [6.45, 7) is 6.43. The number of carbonyl (C=O) groups is 1. The van der Waals surface area contributed by atoms with Gasteiger partial charge in [-0.25, -0.2) is 0 Å². The van der Waals surface area contributed by atoms with Gasteiger partial charge in [-0.2, -0.15) is 4.98 Å². The van der Waals surface area contributed by atoms with Crippen LogP contribution in [0.2, 0.25) is 0 Å². The van der Waals surface area contributed by atoms with Gasteiger partial charge in [0, 0.05) is 25.9 Å². The van der Waals surface area contributed by atoms with Crippen molar-refractivity contribution in [3.63, 3.8) is 0 Å². The highest BCUT2D eigenvalue weighted by molar-refractivity contribution is 5.81. The zero-order chi connectivity index (χ0) is 13.7. The van der Waals surface area contributed by atoms with Crippen LogP contribution in [-0.2, 0) is 11.2 Å². The molecule has 18 heavy (non-hydrogen) atoms. The lowest BCUT2D eigenvalue weighted by atomic mass is 10.2. The first kappa shape index (κ1) is 14.6. The number of amides is 1. The number of rotatable bonds is 6. The molecule has 0 fully saturated rings. The summed E-state index contributed by atoms with van der Waals surface area (Å²) in [5, 5.41) is 3.88. The van der Waals surface area contributed by atoms with E-state index in [0.29, 0.717) is 31.1 Å². The molecule has 0 aliphatic heterocycles. The van der Waals surface area contributed by atoms with E-state index in [2.05, 4.69) is 10.1 Å². The van der Waals surface area contributed by atoms with Crippen LogP contribution in [0.3, 0.4) is 0 Å². The van der Waals surface area contributed by atoms with Crippen molar-refractivity contribution in [3.8, 4) is 0 Å². The van der Waals surface area contributed by atoms with Crippen LogP contribution in [0.1, 0.15) is 44.8 Å². The van der Waals surface area contributed by atoms with E-state index >= 15 is 0 Å². The normalized spacial score (nSPS) is 12.8. The average molecular weight is 254 g/mol. The molecule has 0 saturated carbocycles. The van der Waals surface area contributed by atoms with Gasteiger partial charge in [-0.3, -0.25) is 4.79 Å². The Kier molecular flexibility index (Phi) is 5.27. The van der Waals surface area contributed by atoms with Crippen molar-refractivity contribution in [3.05, 3.63) is 11.7 Å². The van der Waals surface area contributed by atoms with E-state index in [1.165, 1.54) is 0 Å². The molecule has 0 bridgehead atoms. The molecule has 1 amide bonds. The number of hydrogen-bond donors (Lipinski definition) is 1. The van der Waals surface area contributed by atoms with Crippen LogP contribution >= 0.6 is 0 Å². The topological polar surface area (TPSA) is 85.3 Å². The van der Waals surface area contributed by atoms with Crippen LogP contribution in [0.15, 0.2) is 4.52 Å². The van der Waals surface area contributed by atoms with E-state index in [9.17, 15) is 4.79 Å². The van der Waals surface area contributed by atoms with E-state index < -0.39 is 6.04 Å². The van der Waals surface area contributed by atoms with Crippen molar-refractivity contribution >= 4 is 5.91 Å². The predicted molar refractivity (Wildman–Crippen MR) is 68.0 cm³/mol. The number of likely N-dealkylation sites (N-methyl/N-ethyl adjacent to an activating group) is 1. The summed E-state index contributed by atoms with van der Waals surface area (Å²) in [6, 6.07) is -0.425. The first-order valence-electron chi connectivity index (χ1n) is 6.28. The summed E-state index contributed by atoms with van der Waals surface area (Å²) in [5.41, 5.74) is 5.69. The lowest BCUT2D eigenvalue weighted by Gasteiger charge is -2.19. The minimum absolute atomic E-state index is 0.0509. The second kappa shape index (κ2) is 6.49. The second-order valence-corrected chi connectivity index (χ2v) is 4.73. The first-order valence-corrected chi connectivity index (χ1v) is 6.28. The van der Waals surface area contributed by atoms with Gasteiger partial charge in [0.25, 0.3) is 0 Å². The maximum atomic E-state index is 11.7. The average Bonchev–Trinajstić information content (AvgIpc) is 2.82. The maximum Gasteiger partial charge on any atom is 0.239 e. The molecule has 1 aromatic heterocycles. The molecule has 1 rings (SSSR count). The Balaban J connectivity index is 2.46. The highest BCUT2D eigenvalue weighted by Gasteiger charge is 2.17. The van der Waals surface area contributed by atoms with Gasteiger partial charge in [-0.1, -0.05) is 25.9 Å². The Hall–Kier alpha value is -1.43. The molecule has 102 valence electrons. The molecule has 6 nitrogen and oxygen atoms in total. The molecule has 0 saturated heterocycles. The first-order chi connectivity index (χ1) is 8.45. The zero-order valence-electron chi connectivity index (χ0n) is 11.5. The Morgan fingerprint density at radius 3 is 2.67 bits per heavy atom. The van der Waals surface area contributed by atoms with E-state index in [1.54, 1.807) is 11.9 Å². The van der Waals surface area contributed by atoms with Crippen LogP contribution in [-0.4, -0.2) is 40.6 Å². The number of hydrogen-bond acceptors (Lipinski definition) is 5. The van der Waals surface area contributed by atoms with Crippen LogP contribution in [0.4, 0.5) is 0 Å². The Bertz CT molecular complexity index is 389. The SMILES string of the molecule is CC[C@H](N)C(=O)N(C)CCc1noc(C(C)C)n1. The van der Waals surface area contributed by atoms with Gasteiger partial charge in [-0.05, 0) is 6.42 Å². The van der Waals surface area contributed by atoms with Crippen molar-refractivity contribution in [2.24, 2.45) is 5.73 Å². The molecular weight excluding hydrogens is 232 g/mol. The molecule has 0 spiro atoms. The molecule has 1 aromatic rings. The molecule has 0 radical (unpaired) electrons. The van der Waals surface area contributed by atoms with Crippen molar-refractivity contribution in [2.75, 3.05) is 13.6 Å². The van der Waals surface area contributed by atoms with Crippen LogP contribution in [0.25, 0.3) is 0 Å². The third kappa shape index (κ3) is 3.80. The van der Waals surface area contributed by atoms with Gasteiger partial charge < -0.3 is 15.2 Å². The van der Waals surface area contributed by atoms with Gasteiger partial charge >= 0.3 is 0 Å². The highest BCUT2D eigenvalue weighted by Crippen LogP contribution is 2.11. The second-order valence-electron chi connectivity index (χ2n) is 4.73. The molecule has 0 aromatic carbocycles. The third-order valence-electron chi connectivity index (χ3n) is 2.78. The van der Waals surface area contributed by atoms with Crippen molar-refractivity contribution in [1.29, 1.82) is 0 Å². The van der Waals surface area contributed by atoms with Gasteiger partial charge in [0.1, 0.15) is 0 Å². The number of carbonyl (C=O) groups excluding carboxylic acids is 1. The fourth-order valence-corrected chi connectivity index (χ4v) is 1.44. The standard InChI is InChI=1S/C12H22N4O2/c1-5-9(13)12(17)16(4)7-6-10-14-11(8(2)3)18-15-10/h8-9H,5-7,13H2,1-4H3/t9-/m0/s1. The molecule has 0 aliphatic rings.